The molecule has 0 aliphatic rings. The van der Waals surface area contributed by atoms with E-state index in [0.29, 0.717) is 10.6 Å². The van der Waals surface area contributed by atoms with Crippen LogP contribution in [0.15, 0.2) is 24.3 Å². The summed E-state index contributed by atoms with van der Waals surface area (Å²) >= 11 is 5.86. The number of hydrogen-bond donors (Lipinski definition) is 2. The number of benzene rings is 1. The van der Waals surface area contributed by atoms with Crippen molar-refractivity contribution in [2.75, 3.05) is 0 Å². The summed E-state index contributed by atoms with van der Waals surface area (Å²) in [5, 5.41) is 9.05. The molecule has 0 radical (unpaired) electrons. The Bertz CT molecular complexity index is 399. The van der Waals surface area contributed by atoms with Crippen molar-refractivity contribution in [3.63, 3.8) is 0 Å². The number of nitrogens with two attached hydrogens (primary N) is 1. The van der Waals surface area contributed by atoms with E-state index in [1.807, 2.05) is 6.92 Å². The smallest absolute Gasteiger partial charge is 0.330 e. The summed E-state index contributed by atoms with van der Waals surface area (Å²) in [7, 11) is 0. The quantitative estimate of drug-likeness (QED) is 0.736. The highest BCUT2D eigenvalue weighted by molar-refractivity contribution is 6.31. The molecule has 4 heteroatoms. The van der Waals surface area contributed by atoms with E-state index in [-0.39, 0.29) is 5.70 Å². The van der Waals surface area contributed by atoms with Crippen LogP contribution in [-0.2, 0) is 4.79 Å². The van der Waals surface area contributed by atoms with Gasteiger partial charge in [0.1, 0.15) is 0 Å². The van der Waals surface area contributed by atoms with Crippen LogP contribution in [0, 0.1) is 6.92 Å². The second-order valence-corrected chi connectivity index (χ2v) is 3.31. The number of carbonyl (C=O) groups is 1. The zero-order chi connectivity index (χ0) is 10.7. The highest BCUT2D eigenvalue weighted by atomic mass is 35.5. The zero-order valence-corrected chi connectivity index (χ0v) is 8.38. The fourth-order valence-electron chi connectivity index (χ4n) is 0.989. The fraction of sp³-hybridized carbons (Fsp3) is 0.100. The Balaban J connectivity index is 3.09. The Labute approximate surface area is 86.8 Å². The molecular formula is C10H10ClNO2. The van der Waals surface area contributed by atoms with Crippen LogP contribution in [0.2, 0.25) is 5.02 Å². The van der Waals surface area contributed by atoms with Crippen LogP contribution in [-0.4, -0.2) is 11.1 Å². The van der Waals surface area contributed by atoms with E-state index in [4.69, 9.17) is 22.4 Å². The van der Waals surface area contributed by atoms with Crippen molar-refractivity contribution in [1.29, 1.82) is 0 Å². The van der Waals surface area contributed by atoms with Gasteiger partial charge in [-0.2, -0.15) is 0 Å². The molecule has 14 heavy (non-hydrogen) atoms. The number of aryl methyl sites for hydroxylation is 1. The summed E-state index contributed by atoms with van der Waals surface area (Å²) in [5.74, 6) is -1.07. The Morgan fingerprint density at radius 1 is 1.57 bits per heavy atom. The monoisotopic (exact) mass is 211 g/mol. The molecule has 3 nitrogen and oxygen atoms in total. The fourth-order valence-corrected chi connectivity index (χ4v) is 1.17. The maximum atomic E-state index is 10.3. The maximum absolute atomic E-state index is 10.3. The molecular weight excluding hydrogens is 202 g/mol. The Kier molecular flexibility index (Phi) is 3.14. The minimum absolute atomic E-state index is 0.194. The van der Waals surface area contributed by atoms with E-state index in [2.05, 4.69) is 0 Å². The average molecular weight is 212 g/mol. The maximum Gasteiger partial charge on any atom is 0.330 e. The predicted molar refractivity (Wildman–Crippen MR) is 56.0 cm³/mol. The minimum Gasteiger partial charge on any atom is -0.478 e. The molecule has 0 saturated heterocycles. The van der Waals surface area contributed by atoms with Gasteiger partial charge in [-0.15, -0.1) is 0 Å². The first-order valence-electron chi connectivity index (χ1n) is 3.97. The van der Waals surface area contributed by atoms with Gasteiger partial charge in [-0.05, 0) is 24.1 Å². The molecule has 0 heterocycles. The number of rotatable bonds is 2. The van der Waals surface area contributed by atoms with Gasteiger partial charge in [0.25, 0.3) is 0 Å². The number of carboxylic acids is 1. The summed E-state index contributed by atoms with van der Waals surface area (Å²) in [4.78, 5) is 10.3. The number of hydrogen-bond acceptors (Lipinski definition) is 2. The first kappa shape index (κ1) is 10.6. The van der Waals surface area contributed by atoms with E-state index in [9.17, 15) is 4.79 Å². The molecule has 1 aromatic carbocycles. The van der Waals surface area contributed by atoms with Crippen LogP contribution in [0.3, 0.4) is 0 Å². The Hall–Kier alpha value is -1.48. The molecule has 0 atom stereocenters. The van der Waals surface area contributed by atoms with E-state index in [0.717, 1.165) is 11.6 Å². The minimum atomic E-state index is -1.07. The zero-order valence-electron chi connectivity index (χ0n) is 7.62. The lowest BCUT2D eigenvalue weighted by molar-refractivity contribution is -0.131. The summed E-state index contributed by atoms with van der Waals surface area (Å²) < 4.78 is 0. The van der Waals surface area contributed by atoms with E-state index in [1.165, 1.54) is 0 Å². The molecule has 0 bridgehead atoms. The van der Waals surface area contributed by atoms with Crippen LogP contribution in [0.4, 0.5) is 0 Å². The number of carboxylic acid groups (broad SMARTS) is 1. The molecule has 1 aromatic rings. The van der Waals surface area contributed by atoms with E-state index in [1.54, 1.807) is 18.2 Å². The standard InChI is InChI=1S/C10H10ClNO2/c1-6-2-3-7(4-8(6)11)9(12)5-10(13)14/h2-5H,12H2,1H3,(H,13,14)/b9-5-. The Morgan fingerprint density at radius 3 is 2.71 bits per heavy atom. The van der Waals surface area contributed by atoms with Crippen molar-refractivity contribution in [1.82, 2.24) is 0 Å². The van der Waals surface area contributed by atoms with Crippen LogP contribution >= 0.6 is 11.6 Å². The number of halogens is 1. The summed E-state index contributed by atoms with van der Waals surface area (Å²) in [6, 6.07) is 5.17. The van der Waals surface area contributed by atoms with Crippen molar-refractivity contribution in [3.05, 3.63) is 40.4 Å². The molecule has 0 saturated carbocycles. The summed E-state index contributed by atoms with van der Waals surface area (Å²) in [6.07, 6.45) is 0.945. The van der Waals surface area contributed by atoms with Crippen molar-refractivity contribution in [2.24, 2.45) is 5.73 Å². The van der Waals surface area contributed by atoms with Crippen molar-refractivity contribution in [3.8, 4) is 0 Å². The Morgan fingerprint density at radius 2 is 2.21 bits per heavy atom. The van der Waals surface area contributed by atoms with Gasteiger partial charge in [-0.25, -0.2) is 4.79 Å². The van der Waals surface area contributed by atoms with E-state index >= 15 is 0 Å². The van der Waals surface area contributed by atoms with Crippen LogP contribution < -0.4 is 5.73 Å². The van der Waals surface area contributed by atoms with Gasteiger partial charge in [0.2, 0.25) is 0 Å². The molecule has 0 spiro atoms. The largest absolute Gasteiger partial charge is 0.478 e. The molecule has 0 unspecified atom stereocenters. The highest BCUT2D eigenvalue weighted by Gasteiger charge is 2.01. The van der Waals surface area contributed by atoms with Gasteiger partial charge in [0.05, 0.1) is 0 Å². The topological polar surface area (TPSA) is 63.3 Å². The second-order valence-electron chi connectivity index (χ2n) is 2.90. The van der Waals surface area contributed by atoms with Gasteiger partial charge < -0.3 is 10.8 Å². The lowest BCUT2D eigenvalue weighted by Gasteiger charge is -2.03. The van der Waals surface area contributed by atoms with Gasteiger partial charge in [0, 0.05) is 16.8 Å². The first-order chi connectivity index (χ1) is 6.50. The SMILES string of the molecule is Cc1ccc(/C(N)=C/C(=O)O)cc1Cl. The van der Waals surface area contributed by atoms with Gasteiger partial charge in [-0.3, -0.25) is 0 Å². The van der Waals surface area contributed by atoms with Crippen LogP contribution in [0.5, 0.6) is 0 Å². The highest BCUT2D eigenvalue weighted by Crippen LogP contribution is 2.19. The third kappa shape index (κ3) is 2.50. The van der Waals surface area contributed by atoms with Crippen molar-refractivity contribution in [2.45, 2.75) is 6.92 Å². The molecule has 1 rings (SSSR count). The molecule has 3 N–H and O–H groups in total. The molecule has 0 aliphatic heterocycles. The van der Waals surface area contributed by atoms with Crippen molar-refractivity contribution < 1.29 is 9.90 Å². The summed E-state index contributed by atoms with van der Waals surface area (Å²) in [5.41, 5.74) is 7.27. The third-order valence-electron chi connectivity index (χ3n) is 1.78. The van der Waals surface area contributed by atoms with Gasteiger partial charge in [-0.1, -0.05) is 23.7 Å². The second kappa shape index (κ2) is 4.15. The summed E-state index contributed by atoms with van der Waals surface area (Å²) in [6.45, 7) is 1.86. The normalized spacial score (nSPS) is 11.4. The van der Waals surface area contributed by atoms with Gasteiger partial charge in [0.15, 0.2) is 0 Å². The molecule has 74 valence electrons. The molecule has 0 fully saturated rings. The lowest BCUT2D eigenvalue weighted by Crippen LogP contribution is -2.00. The van der Waals surface area contributed by atoms with Gasteiger partial charge >= 0.3 is 5.97 Å². The van der Waals surface area contributed by atoms with Crippen LogP contribution in [0.1, 0.15) is 11.1 Å². The van der Waals surface area contributed by atoms with Crippen molar-refractivity contribution >= 4 is 23.3 Å². The average Bonchev–Trinajstić information content (AvgIpc) is 2.08. The molecule has 0 aliphatic carbocycles. The lowest BCUT2D eigenvalue weighted by atomic mass is 10.1. The third-order valence-corrected chi connectivity index (χ3v) is 2.19. The first-order valence-corrected chi connectivity index (χ1v) is 4.35. The van der Waals surface area contributed by atoms with Crippen LogP contribution in [0.25, 0.3) is 5.70 Å². The number of aliphatic carboxylic acids is 1. The van der Waals surface area contributed by atoms with E-state index < -0.39 is 5.97 Å². The molecule has 0 amide bonds. The predicted octanol–water partition coefficient (Wildman–Crippen LogP) is 2.03. The molecule has 0 aromatic heterocycles.